The third kappa shape index (κ3) is 2.22. The number of aryl methyl sites for hydroxylation is 1. The van der Waals surface area contributed by atoms with Crippen LogP contribution < -0.4 is 5.32 Å². The van der Waals surface area contributed by atoms with Gasteiger partial charge in [0.25, 0.3) is 0 Å². The molecule has 3 rings (SSSR count). The number of nitrogens with zero attached hydrogens (tertiary/aromatic N) is 3. The van der Waals surface area contributed by atoms with Gasteiger partial charge in [0.1, 0.15) is 12.1 Å². The Morgan fingerprint density at radius 1 is 1.39 bits per heavy atom. The van der Waals surface area contributed by atoms with Crippen LogP contribution in [0.2, 0.25) is 0 Å². The Morgan fingerprint density at radius 2 is 2.33 bits per heavy atom. The molecule has 18 heavy (non-hydrogen) atoms. The van der Waals surface area contributed by atoms with Crippen LogP contribution in [-0.4, -0.2) is 21.1 Å². The van der Waals surface area contributed by atoms with E-state index in [4.69, 9.17) is 0 Å². The Labute approximate surface area is 109 Å². The van der Waals surface area contributed by atoms with Gasteiger partial charge in [-0.05, 0) is 42.5 Å². The van der Waals surface area contributed by atoms with Crippen LogP contribution in [-0.2, 0) is 6.42 Å². The molecule has 0 amide bonds. The van der Waals surface area contributed by atoms with Crippen LogP contribution >= 0.6 is 11.3 Å². The van der Waals surface area contributed by atoms with E-state index in [2.05, 4.69) is 45.9 Å². The first-order valence-corrected chi connectivity index (χ1v) is 6.77. The Kier molecular flexibility index (Phi) is 2.98. The van der Waals surface area contributed by atoms with Crippen molar-refractivity contribution >= 4 is 22.8 Å². The van der Waals surface area contributed by atoms with Gasteiger partial charge in [-0.1, -0.05) is 6.07 Å². The van der Waals surface area contributed by atoms with E-state index >= 15 is 0 Å². The van der Waals surface area contributed by atoms with Gasteiger partial charge in [0.2, 0.25) is 0 Å². The highest BCUT2D eigenvalue weighted by molar-refractivity contribution is 7.09. The first-order chi connectivity index (χ1) is 8.83. The molecule has 0 aromatic carbocycles. The van der Waals surface area contributed by atoms with E-state index < -0.39 is 0 Å². The second-order valence-corrected chi connectivity index (χ2v) is 5.24. The topological polar surface area (TPSA) is 42.2 Å². The smallest absolute Gasteiger partial charge is 0.157 e. The van der Waals surface area contributed by atoms with Crippen molar-refractivity contribution in [3.8, 4) is 0 Å². The van der Waals surface area contributed by atoms with Crippen LogP contribution in [0.3, 0.4) is 0 Å². The highest BCUT2D eigenvalue weighted by Crippen LogP contribution is 2.14. The quantitative estimate of drug-likeness (QED) is 0.782. The molecule has 0 radical (unpaired) electrons. The fourth-order valence-corrected chi connectivity index (χ4v) is 2.66. The van der Waals surface area contributed by atoms with Crippen LogP contribution in [0.5, 0.6) is 0 Å². The first kappa shape index (κ1) is 11.2. The van der Waals surface area contributed by atoms with Crippen LogP contribution in [0.15, 0.2) is 36.0 Å². The van der Waals surface area contributed by atoms with Gasteiger partial charge in [0, 0.05) is 11.4 Å². The number of aromatic nitrogens is 3. The predicted molar refractivity (Wildman–Crippen MR) is 74.2 cm³/mol. The summed E-state index contributed by atoms with van der Waals surface area (Å²) in [4.78, 5) is 5.61. The molecule has 0 aliphatic rings. The second-order valence-electron chi connectivity index (χ2n) is 4.20. The molecule has 0 aliphatic heterocycles. The van der Waals surface area contributed by atoms with E-state index in [9.17, 15) is 0 Å². The number of fused-ring (bicyclic) bond motifs is 1. The van der Waals surface area contributed by atoms with Crippen molar-refractivity contribution in [1.82, 2.24) is 14.6 Å². The van der Waals surface area contributed by atoms with Gasteiger partial charge in [-0.25, -0.2) is 4.98 Å². The molecular weight excluding hydrogens is 244 g/mol. The molecular formula is C13H14N4S. The third-order valence-corrected chi connectivity index (χ3v) is 3.72. The zero-order valence-electron chi connectivity index (χ0n) is 10.1. The molecule has 0 unspecified atom stereocenters. The van der Waals surface area contributed by atoms with E-state index in [1.54, 1.807) is 17.7 Å². The van der Waals surface area contributed by atoms with Gasteiger partial charge in [0.15, 0.2) is 5.65 Å². The van der Waals surface area contributed by atoms with Gasteiger partial charge < -0.3 is 5.32 Å². The summed E-state index contributed by atoms with van der Waals surface area (Å²) in [5, 5.41) is 9.75. The molecule has 3 aromatic rings. The second kappa shape index (κ2) is 4.78. The lowest BCUT2D eigenvalue weighted by Gasteiger charge is -2.08. The van der Waals surface area contributed by atoms with Crippen molar-refractivity contribution in [2.45, 2.75) is 13.3 Å². The highest BCUT2D eigenvalue weighted by Gasteiger charge is 2.03. The highest BCUT2D eigenvalue weighted by atomic mass is 32.1. The summed E-state index contributed by atoms with van der Waals surface area (Å²) < 4.78 is 1.83. The van der Waals surface area contributed by atoms with Gasteiger partial charge in [0.05, 0.1) is 0 Å². The van der Waals surface area contributed by atoms with Crippen molar-refractivity contribution in [1.29, 1.82) is 0 Å². The Morgan fingerprint density at radius 3 is 3.17 bits per heavy atom. The zero-order valence-corrected chi connectivity index (χ0v) is 10.9. The van der Waals surface area contributed by atoms with Crippen molar-refractivity contribution in [3.05, 3.63) is 46.4 Å². The Bertz CT molecular complexity index is 642. The number of hydrogen-bond donors (Lipinski definition) is 1. The normalized spacial score (nSPS) is 10.9. The van der Waals surface area contributed by atoms with E-state index in [1.807, 2.05) is 10.6 Å². The fourth-order valence-electron chi connectivity index (χ4n) is 1.95. The lowest BCUT2D eigenvalue weighted by atomic mass is 10.3. The largest absolute Gasteiger partial charge is 0.370 e. The van der Waals surface area contributed by atoms with Crippen LogP contribution in [0.25, 0.3) is 5.65 Å². The third-order valence-electron chi connectivity index (χ3n) is 2.78. The molecule has 1 N–H and O–H groups in total. The van der Waals surface area contributed by atoms with Crippen molar-refractivity contribution in [2.75, 3.05) is 11.9 Å². The number of nitrogens with one attached hydrogen (secondary N) is 1. The van der Waals surface area contributed by atoms with Gasteiger partial charge >= 0.3 is 0 Å². The van der Waals surface area contributed by atoms with E-state index in [-0.39, 0.29) is 0 Å². The summed E-state index contributed by atoms with van der Waals surface area (Å²) in [5.41, 5.74) is 2.07. The minimum atomic E-state index is 0.883. The number of hydrogen-bond acceptors (Lipinski definition) is 4. The number of thiophene rings is 1. The maximum Gasteiger partial charge on any atom is 0.157 e. The average Bonchev–Trinajstić information content (AvgIpc) is 2.98. The summed E-state index contributed by atoms with van der Waals surface area (Å²) in [6.07, 6.45) is 2.61. The van der Waals surface area contributed by atoms with Crippen molar-refractivity contribution in [2.24, 2.45) is 0 Å². The lowest BCUT2D eigenvalue weighted by Crippen LogP contribution is -2.08. The van der Waals surface area contributed by atoms with Crippen molar-refractivity contribution < 1.29 is 0 Å². The minimum absolute atomic E-state index is 0.883. The SMILES string of the molecule is Cc1cc(NCCc2cccs2)n2ncnc2c1. The van der Waals surface area contributed by atoms with E-state index in [0.717, 1.165) is 24.4 Å². The molecule has 0 aliphatic carbocycles. The Balaban J connectivity index is 1.75. The molecule has 3 aromatic heterocycles. The molecule has 0 spiro atoms. The average molecular weight is 258 g/mol. The van der Waals surface area contributed by atoms with Crippen LogP contribution in [0.4, 0.5) is 5.82 Å². The monoisotopic (exact) mass is 258 g/mol. The zero-order chi connectivity index (χ0) is 12.4. The molecule has 0 saturated carbocycles. The predicted octanol–water partition coefficient (Wildman–Crippen LogP) is 2.75. The molecule has 92 valence electrons. The fraction of sp³-hybridized carbons (Fsp3) is 0.231. The summed E-state index contributed by atoms with van der Waals surface area (Å²) in [6, 6.07) is 8.36. The van der Waals surface area contributed by atoms with Crippen LogP contribution in [0.1, 0.15) is 10.4 Å². The first-order valence-electron chi connectivity index (χ1n) is 5.89. The number of anilines is 1. The summed E-state index contributed by atoms with van der Waals surface area (Å²) >= 11 is 1.79. The molecule has 0 fully saturated rings. The molecule has 0 bridgehead atoms. The Hall–Kier alpha value is -1.88. The van der Waals surface area contributed by atoms with Gasteiger partial charge in [-0.3, -0.25) is 0 Å². The molecule has 4 nitrogen and oxygen atoms in total. The summed E-state index contributed by atoms with van der Waals surface area (Å²) in [5.74, 6) is 0.999. The molecule has 3 heterocycles. The lowest BCUT2D eigenvalue weighted by molar-refractivity contribution is 0.930. The van der Waals surface area contributed by atoms with E-state index in [0.29, 0.717) is 0 Å². The van der Waals surface area contributed by atoms with E-state index in [1.165, 1.54) is 10.4 Å². The molecule has 5 heteroatoms. The van der Waals surface area contributed by atoms with Crippen molar-refractivity contribution in [3.63, 3.8) is 0 Å². The minimum Gasteiger partial charge on any atom is -0.370 e. The maximum atomic E-state index is 4.22. The summed E-state index contributed by atoms with van der Waals surface area (Å²) in [7, 11) is 0. The van der Waals surface area contributed by atoms with Crippen LogP contribution in [0, 0.1) is 6.92 Å². The standard InChI is InChI=1S/C13H14N4S/c1-10-7-12(17-13(8-10)15-9-16-17)14-5-4-11-3-2-6-18-11/h2-3,6-9,14H,4-5H2,1H3. The number of pyridine rings is 1. The van der Waals surface area contributed by atoms with Gasteiger partial charge in [-0.15, -0.1) is 11.3 Å². The van der Waals surface area contributed by atoms with Gasteiger partial charge in [-0.2, -0.15) is 9.61 Å². The number of rotatable bonds is 4. The maximum absolute atomic E-state index is 4.22. The molecule has 0 saturated heterocycles. The molecule has 0 atom stereocenters. The summed E-state index contributed by atoms with van der Waals surface area (Å²) in [6.45, 7) is 2.97.